The average molecular weight is 404 g/mol. The Balaban J connectivity index is 1.36. The van der Waals surface area contributed by atoms with E-state index in [9.17, 15) is 14.4 Å². The van der Waals surface area contributed by atoms with E-state index in [4.69, 9.17) is 0 Å². The molecule has 29 heavy (non-hydrogen) atoms. The van der Waals surface area contributed by atoms with Gasteiger partial charge in [0.05, 0.1) is 0 Å². The Hall–Kier alpha value is -1.59. The highest BCUT2D eigenvalue weighted by atomic mass is 16.2. The zero-order valence-corrected chi connectivity index (χ0v) is 18.4. The van der Waals surface area contributed by atoms with Crippen LogP contribution in [0.15, 0.2) is 0 Å². The lowest BCUT2D eigenvalue weighted by Crippen LogP contribution is -2.57. The zero-order valence-electron chi connectivity index (χ0n) is 18.4. The van der Waals surface area contributed by atoms with Crippen LogP contribution in [0.3, 0.4) is 0 Å². The van der Waals surface area contributed by atoms with Gasteiger partial charge in [0.1, 0.15) is 12.1 Å². The average Bonchev–Trinajstić information content (AvgIpc) is 2.82. The Kier molecular flexibility index (Phi) is 5.19. The summed E-state index contributed by atoms with van der Waals surface area (Å²) in [4.78, 5) is 39.1. The molecule has 2 N–H and O–H groups in total. The van der Waals surface area contributed by atoms with Gasteiger partial charge in [-0.2, -0.15) is 0 Å². The van der Waals surface area contributed by atoms with Gasteiger partial charge in [-0.15, -0.1) is 0 Å². The molecule has 5 fully saturated rings. The minimum atomic E-state index is -0.896. The van der Waals surface area contributed by atoms with Crippen LogP contribution in [0.25, 0.3) is 0 Å². The van der Waals surface area contributed by atoms with Gasteiger partial charge in [0.2, 0.25) is 5.91 Å². The maximum Gasteiger partial charge on any atom is 0.325 e. The first kappa shape index (κ1) is 20.7. The largest absolute Gasteiger partial charge is 0.352 e. The summed E-state index contributed by atoms with van der Waals surface area (Å²) in [5, 5.41) is 5.98. The zero-order chi connectivity index (χ0) is 21.0. The molecule has 0 aromatic rings. The van der Waals surface area contributed by atoms with Crippen molar-refractivity contribution in [2.24, 2.45) is 29.1 Å². The lowest BCUT2D eigenvalue weighted by atomic mass is 9.48. The van der Waals surface area contributed by atoms with Crippen LogP contribution in [-0.2, 0) is 9.59 Å². The molecule has 4 aliphatic carbocycles. The van der Waals surface area contributed by atoms with E-state index in [2.05, 4.69) is 31.4 Å². The molecule has 0 aromatic carbocycles. The molecule has 1 heterocycles. The van der Waals surface area contributed by atoms with E-state index in [1.165, 1.54) is 38.5 Å². The number of nitrogens with zero attached hydrogens (tertiary/aromatic N) is 1. The number of urea groups is 1. The fourth-order valence-corrected chi connectivity index (χ4v) is 6.93. The first-order chi connectivity index (χ1) is 13.6. The van der Waals surface area contributed by atoms with Crippen molar-refractivity contribution in [3.63, 3.8) is 0 Å². The molecule has 6 heteroatoms. The quantitative estimate of drug-likeness (QED) is 0.639. The lowest BCUT2D eigenvalue weighted by Gasteiger charge is -2.59. The van der Waals surface area contributed by atoms with E-state index in [1.807, 2.05) is 0 Å². The maximum atomic E-state index is 12.9. The molecule has 6 nitrogen and oxygen atoms in total. The summed E-state index contributed by atoms with van der Waals surface area (Å²) in [6.45, 7) is 7.91. The Morgan fingerprint density at radius 3 is 2.17 bits per heavy atom. The standard InChI is InChI=1S/C23H37N3O3/c1-14(2)5-6-22(4)20(28)26(21(29)25-22)13-19(27)24-15(3)23-10-16-7-17(11-23)9-18(8-16)12-23/h14-18H,5-13H2,1-4H3,(H,24,27)(H,25,29)/t15-,16?,17?,18?,22-,23?/m1/s1. The smallest absolute Gasteiger partial charge is 0.325 e. The van der Waals surface area contributed by atoms with Crippen LogP contribution in [0.1, 0.15) is 79.1 Å². The minimum Gasteiger partial charge on any atom is -0.352 e. The Morgan fingerprint density at radius 2 is 1.66 bits per heavy atom. The predicted molar refractivity (Wildman–Crippen MR) is 111 cm³/mol. The number of amides is 4. The van der Waals surface area contributed by atoms with Gasteiger partial charge >= 0.3 is 6.03 Å². The van der Waals surface area contributed by atoms with Crippen molar-refractivity contribution < 1.29 is 14.4 Å². The Labute approximate surface area is 174 Å². The second-order valence-electron chi connectivity index (χ2n) is 11.2. The van der Waals surface area contributed by atoms with E-state index in [0.717, 1.165) is 29.1 Å². The Bertz CT molecular complexity index is 668. The van der Waals surface area contributed by atoms with Crippen molar-refractivity contribution in [2.75, 3.05) is 6.54 Å². The summed E-state index contributed by atoms with van der Waals surface area (Å²) in [5.41, 5.74) is -0.680. The van der Waals surface area contributed by atoms with Crippen molar-refractivity contribution in [1.82, 2.24) is 15.5 Å². The van der Waals surface area contributed by atoms with E-state index >= 15 is 0 Å². The van der Waals surface area contributed by atoms with Gasteiger partial charge in [-0.3, -0.25) is 14.5 Å². The summed E-state index contributed by atoms with van der Waals surface area (Å²) >= 11 is 0. The highest BCUT2D eigenvalue weighted by Gasteiger charge is 2.54. The van der Waals surface area contributed by atoms with Gasteiger partial charge in [-0.05, 0) is 94.3 Å². The van der Waals surface area contributed by atoms with Crippen molar-refractivity contribution >= 4 is 17.8 Å². The molecule has 0 aromatic heterocycles. The van der Waals surface area contributed by atoms with Crippen LogP contribution in [0.5, 0.6) is 0 Å². The van der Waals surface area contributed by atoms with Gasteiger partial charge in [0.15, 0.2) is 0 Å². The molecule has 5 aliphatic rings. The van der Waals surface area contributed by atoms with Crippen LogP contribution in [0.4, 0.5) is 4.79 Å². The molecule has 4 bridgehead atoms. The first-order valence-electron chi connectivity index (χ1n) is 11.5. The summed E-state index contributed by atoms with van der Waals surface area (Å²) in [7, 11) is 0. The highest BCUT2D eigenvalue weighted by molar-refractivity contribution is 6.08. The number of carbonyl (C=O) groups is 3. The molecule has 162 valence electrons. The molecule has 0 unspecified atom stereocenters. The van der Waals surface area contributed by atoms with Crippen LogP contribution in [-0.4, -0.2) is 40.9 Å². The number of hydrogen-bond acceptors (Lipinski definition) is 3. The number of hydrogen-bond donors (Lipinski definition) is 2. The van der Waals surface area contributed by atoms with Crippen molar-refractivity contribution in [1.29, 1.82) is 0 Å². The SMILES string of the molecule is CC(C)CC[C@@]1(C)NC(=O)N(CC(=O)N[C@H](C)C23CC4CC(CC(C4)C2)C3)C1=O. The fraction of sp³-hybridized carbons (Fsp3) is 0.870. The third-order valence-electron chi connectivity index (χ3n) is 8.25. The monoisotopic (exact) mass is 403 g/mol. The molecule has 4 amide bonds. The van der Waals surface area contributed by atoms with Crippen LogP contribution < -0.4 is 10.6 Å². The van der Waals surface area contributed by atoms with E-state index in [-0.39, 0.29) is 29.8 Å². The van der Waals surface area contributed by atoms with Crippen LogP contribution in [0, 0.1) is 29.1 Å². The van der Waals surface area contributed by atoms with Crippen LogP contribution in [0.2, 0.25) is 0 Å². The molecule has 5 rings (SSSR count). The fourth-order valence-electron chi connectivity index (χ4n) is 6.93. The topological polar surface area (TPSA) is 78.5 Å². The van der Waals surface area contributed by atoms with Gasteiger partial charge in [0, 0.05) is 6.04 Å². The lowest BCUT2D eigenvalue weighted by molar-refractivity contribution is -0.136. The van der Waals surface area contributed by atoms with E-state index < -0.39 is 11.6 Å². The van der Waals surface area contributed by atoms with Gasteiger partial charge in [-0.25, -0.2) is 4.79 Å². The predicted octanol–water partition coefficient (Wildman–Crippen LogP) is 3.45. The maximum absolute atomic E-state index is 12.9. The van der Waals surface area contributed by atoms with Crippen molar-refractivity contribution in [2.45, 2.75) is 90.6 Å². The molecule has 0 spiro atoms. The molecule has 0 radical (unpaired) electrons. The van der Waals surface area contributed by atoms with Gasteiger partial charge < -0.3 is 10.6 Å². The summed E-state index contributed by atoms with van der Waals surface area (Å²) in [6, 6.07) is -0.352. The van der Waals surface area contributed by atoms with Crippen molar-refractivity contribution in [3.8, 4) is 0 Å². The summed E-state index contributed by atoms with van der Waals surface area (Å²) < 4.78 is 0. The van der Waals surface area contributed by atoms with Crippen molar-refractivity contribution in [3.05, 3.63) is 0 Å². The number of imide groups is 1. The second kappa shape index (κ2) is 7.28. The van der Waals surface area contributed by atoms with Gasteiger partial charge in [0.25, 0.3) is 5.91 Å². The van der Waals surface area contributed by atoms with Gasteiger partial charge in [-0.1, -0.05) is 13.8 Å². The van der Waals surface area contributed by atoms with E-state index in [1.54, 1.807) is 6.92 Å². The molecule has 4 saturated carbocycles. The number of rotatable bonds is 7. The van der Waals surface area contributed by atoms with Crippen LogP contribution >= 0.6 is 0 Å². The Morgan fingerprint density at radius 1 is 1.10 bits per heavy atom. The molecule has 1 aliphatic heterocycles. The molecule has 1 saturated heterocycles. The highest BCUT2D eigenvalue weighted by Crippen LogP contribution is 2.61. The van der Waals surface area contributed by atoms with E-state index in [0.29, 0.717) is 12.3 Å². The third-order valence-corrected chi connectivity index (χ3v) is 8.25. The summed E-state index contributed by atoms with van der Waals surface area (Å²) in [6.07, 6.45) is 9.22. The molecule has 2 atom stereocenters. The minimum absolute atomic E-state index is 0.0940. The number of nitrogens with one attached hydrogen (secondary N) is 2. The third kappa shape index (κ3) is 3.79. The molecular formula is C23H37N3O3. The number of carbonyl (C=O) groups excluding carboxylic acids is 3. The summed E-state index contributed by atoms with van der Waals surface area (Å²) in [5.74, 6) is 2.44. The first-order valence-corrected chi connectivity index (χ1v) is 11.5. The normalized spacial score (nSPS) is 39.2. The molecular weight excluding hydrogens is 366 g/mol. The second-order valence-corrected chi connectivity index (χ2v) is 11.2.